The van der Waals surface area contributed by atoms with Crippen molar-refractivity contribution in [2.75, 3.05) is 13.2 Å². The molecule has 0 bridgehead atoms. The third-order valence-corrected chi connectivity index (χ3v) is 5.12. The molecule has 6 nitrogen and oxygen atoms in total. The molecule has 0 radical (unpaired) electrons. The van der Waals surface area contributed by atoms with E-state index >= 15 is 0 Å². The topological polar surface area (TPSA) is 104 Å². The van der Waals surface area contributed by atoms with Gasteiger partial charge in [0.05, 0.1) is 0 Å². The lowest BCUT2D eigenvalue weighted by Crippen LogP contribution is -2.26. The fraction of sp³-hybridized carbons (Fsp3) is 0.500. The van der Waals surface area contributed by atoms with Crippen molar-refractivity contribution in [1.82, 2.24) is 4.72 Å². The molecular weight excluding hydrogens is 278 g/mol. The number of aromatic carboxylic acids is 1. The zero-order valence-corrected chi connectivity index (χ0v) is 11.5. The van der Waals surface area contributed by atoms with Crippen molar-refractivity contribution in [1.29, 1.82) is 0 Å². The summed E-state index contributed by atoms with van der Waals surface area (Å²) in [6.07, 6.45) is 0.998. The van der Waals surface area contributed by atoms with E-state index in [1.807, 2.05) is 0 Å². The average molecular weight is 293 g/mol. The van der Waals surface area contributed by atoms with Gasteiger partial charge in [-0.3, -0.25) is 0 Å². The summed E-state index contributed by atoms with van der Waals surface area (Å²) in [5, 5.41) is 19.0. The minimum atomic E-state index is -3.81. The van der Waals surface area contributed by atoms with Crippen LogP contribution in [0.25, 0.3) is 0 Å². The molecule has 0 aliphatic heterocycles. The first-order chi connectivity index (χ1) is 8.40. The zero-order chi connectivity index (χ0) is 13.8. The van der Waals surface area contributed by atoms with E-state index in [1.165, 1.54) is 5.38 Å². The second-order valence-corrected chi connectivity index (χ2v) is 6.29. The van der Waals surface area contributed by atoms with E-state index in [-0.39, 0.29) is 22.9 Å². The number of unbranched alkanes of at least 4 members (excludes halogenated alkanes) is 1. The standard InChI is InChI=1S/C10H15NO5S2/c1-7-6-17-8(10(13)14)9(7)18(15,16)11-4-2-3-5-12/h6,11-12H,2-5H2,1H3,(H,13,14). The Hall–Kier alpha value is -0.960. The van der Waals surface area contributed by atoms with Gasteiger partial charge >= 0.3 is 5.97 Å². The van der Waals surface area contributed by atoms with Crippen molar-refractivity contribution >= 4 is 27.3 Å². The van der Waals surface area contributed by atoms with Gasteiger partial charge in [0.1, 0.15) is 9.77 Å². The molecule has 0 fully saturated rings. The molecule has 1 heterocycles. The molecule has 0 amide bonds. The van der Waals surface area contributed by atoms with Gasteiger partial charge < -0.3 is 10.2 Å². The summed E-state index contributed by atoms with van der Waals surface area (Å²) in [6, 6.07) is 0. The summed E-state index contributed by atoms with van der Waals surface area (Å²) in [5.41, 5.74) is 0.423. The highest BCUT2D eigenvalue weighted by molar-refractivity contribution is 7.89. The number of carbonyl (C=O) groups is 1. The van der Waals surface area contributed by atoms with Crippen molar-refractivity contribution in [2.45, 2.75) is 24.7 Å². The highest BCUT2D eigenvalue weighted by Gasteiger charge is 2.26. The van der Waals surface area contributed by atoms with E-state index in [0.717, 1.165) is 11.3 Å². The maximum Gasteiger partial charge on any atom is 0.347 e. The maximum atomic E-state index is 12.0. The number of carboxylic acids is 1. The number of carboxylic acid groups (broad SMARTS) is 1. The number of nitrogens with one attached hydrogen (secondary N) is 1. The second-order valence-electron chi connectivity index (χ2n) is 3.71. The van der Waals surface area contributed by atoms with Crippen LogP contribution >= 0.6 is 11.3 Å². The van der Waals surface area contributed by atoms with Crippen molar-refractivity contribution in [3.05, 3.63) is 15.8 Å². The van der Waals surface area contributed by atoms with Gasteiger partial charge in [0.25, 0.3) is 0 Å². The van der Waals surface area contributed by atoms with Crippen LogP contribution in [0.15, 0.2) is 10.3 Å². The van der Waals surface area contributed by atoms with Crippen LogP contribution in [0.1, 0.15) is 28.1 Å². The summed E-state index contributed by atoms with van der Waals surface area (Å²) in [5.74, 6) is -1.25. The first-order valence-electron chi connectivity index (χ1n) is 5.32. The first-order valence-corrected chi connectivity index (χ1v) is 7.68. The molecule has 0 saturated carbocycles. The number of aryl methyl sites for hydroxylation is 1. The molecule has 0 saturated heterocycles. The highest BCUT2D eigenvalue weighted by Crippen LogP contribution is 2.26. The van der Waals surface area contributed by atoms with E-state index in [0.29, 0.717) is 18.4 Å². The molecule has 102 valence electrons. The third kappa shape index (κ3) is 3.52. The van der Waals surface area contributed by atoms with Crippen LogP contribution in [0.5, 0.6) is 0 Å². The second kappa shape index (κ2) is 6.28. The minimum Gasteiger partial charge on any atom is -0.477 e. The average Bonchev–Trinajstić information content (AvgIpc) is 2.67. The van der Waals surface area contributed by atoms with Crippen LogP contribution in [0.4, 0.5) is 0 Å². The molecule has 1 rings (SSSR count). The smallest absolute Gasteiger partial charge is 0.347 e. The lowest BCUT2D eigenvalue weighted by atomic mass is 10.3. The molecule has 0 atom stereocenters. The van der Waals surface area contributed by atoms with Crippen LogP contribution in [0.3, 0.4) is 0 Å². The molecule has 8 heteroatoms. The van der Waals surface area contributed by atoms with Crippen LogP contribution in [0, 0.1) is 6.92 Å². The van der Waals surface area contributed by atoms with Gasteiger partial charge in [-0.15, -0.1) is 11.3 Å². The number of hydrogen-bond acceptors (Lipinski definition) is 5. The summed E-state index contributed by atoms with van der Waals surface area (Å²) < 4.78 is 26.3. The number of rotatable bonds is 7. The molecular formula is C10H15NO5S2. The van der Waals surface area contributed by atoms with Gasteiger partial charge in [0.2, 0.25) is 10.0 Å². The molecule has 0 spiro atoms. The first kappa shape index (κ1) is 15.1. The molecule has 0 aliphatic carbocycles. The van der Waals surface area contributed by atoms with Crippen molar-refractivity contribution < 1.29 is 23.4 Å². The van der Waals surface area contributed by atoms with Crippen LogP contribution in [-0.4, -0.2) is 37.8 Å². The quantitative estimate of drug-likeness (QED) is 0.645. The van der Waals surface area contributed by atoms with Crippen LogP contribution in [-0.2, 0) is 10.0 Å². The Morgan fingerprint density at radius 3 is 2.67 bits per heavy atom. The van der Waals surface area contributed by atoms with Gasteiger partial charge in [-0.1, -0.05) is 0 Å². The summed E-state index contributed by atoms with van der Waals surface area (Å²) in [6.45, 7) is 1.74. The molecule has 3 N–H and O–H groups in total. The SMILES string of the molecule is Cc1csc(C(=O)O)c1S(=O)(=O)NCCCCO. The Morgan fingerprint density at radius 1 is 1.44 bits per heavy atom. The van der Waals surface area contributed by atoms with Gasteiger partial charge in [0, 0.05) is 13.2 Å². The van der Waals surface area contributed by atoms with Gasteiger partial charge in [-0.25, -0.2) is 17.9 Å². The number of hydrogen-bond donors (Lipinski definition) is 3. The monoisotopic (exact) mass is 293 g/mol. The van der Waals surface area contributed by atoms with E-state index < -0.39 is 16.0 Å². The predicted octanol–water partition coefficient (Wildman–Crippen LogP) is 0.806. The lowest BCUT2D eigenvalue weighted by Gasteiger charge is -2.07. The Morgan fingerprint density at radius 2 is 2.11 bits per heavy atom. The lowest BCUT2D eigenvalue weighted by molar-refractivity contribution is 0.0698. The van der Waals surface area contributed by atoms with Gasteiger partial charge in [-0.05, 0) is 30.7 Å². The van der Waals surface area contributed by atoms with Crippen molar-refractivity contribution in [3.8, 4) is 0 Å². The Balaban J connectivity index is 2.91. The molecule has 1 aromatic rings. The van der Waals surface area contributed by atoms with Gasteiger partial charge in [0.15, 0.2) is 0 Å². The largest absolute Gasteiger partial charge is 0.477 e. The Labute approximate surface area is 109 Å². The minimum absolute atomic E-state index is 0.000414. The molecule has 18 heavy (non-hydrogen) atoms. The van der Waals surface area contributed by atoms with Crippen molar-refractivity contribution in [2.24, 2.45) is 0 Å². The molecule has 1 aromatic heterocycles. The molecule has 0 aromatic carbocycles. The van der Waals surface area contributed by atoms with E-state index in [9.17, 15) is 13.2 Å². The van der Waals surface area contributed by atoms with Crippen LogP contribution < -0.4 is 4.72 Å². The number of sulfonamides is 1. The number of aliphatic hydroxyl groups is 1. The van der Waals surface area contributed by atoms with Crippen molar-refractivity contribution in [3.63, 3.8) is 0 Å². The number of thiophene rings is 1. The predicted molar refractivity (Wildman–Crippen MR) is 67.5 cm³/mol. The van der Waals surface area contributed by atoms with E-state index in [1.54, 1.807) is 6.92 Å². The Bertz CT molecular complexity index is 520. The Kier molecular flexibility index (Phi) is 5.27. The molecule has 0 aliphatic rings. The fourth-order valence-electron chi connectivity index (χ4n) is 1.43. The fourth-order valence-corrected chi connectivity index (χ4v) is 4.13. The summed E-state index contributed by atoms with van der Waals surface area (Å²) in [4.78, 5) is 10.6. The summed E-state index contributed by atoms with van der Waals surface area (Å²) in [7, 11) is -3.81. The zero-order valence-electron chi connectivity index (χ0n) is 9.84. The molecule has 0 unspecified atom stereocenters. The third-order valence-electron chi connectivity index (χ3n) is 2.26. The normalized spacial score (nSPS) is 11.7. The van der Waals surface area contributed by atoms with E-state index in [2.05, 4.69) is 4.72 Å². The number of aliphatic hydroxyl groups excluding tert-OH is 1. The van der Waals surface area contributed by atoms with Gasteiger partial charge in [-0.2, -0.15) is 0 Å². The maximum absolute atomic E-state index is 12.0. The highest BCUT2D eigenvalue weighted by atomic mass is 32.2. The summed E-state index contributed by atoms with van der Waals surface area (Å²) >= 11 is 0.896. The van der Waals surface area contributed by atoms with E-state index in [4.69, 9.17) is 10.2 Å². The van der Waals surface area contributed by atoms with Crippen LogP contribution in [0.2, 0.25) is 0 Å².